The minimum atomic E-state index is 0.585. The molecule has 0 aliphatic rings. The van der Waals surface area contributed by atoms with Crippen LogP contribution in [0.3, 0.4) is 0 Å². The van der Waals surface area contributed by atoms with Crippen LogP contribution in [-0.4, -0.2) is 25.6 Å². The van der Waals surface area contributed by atoms with Gasteiger partial charge in [0.05, 0.1) is 0 Å². The Kier molecular flexibility index (Phi) is 5.45. The van der Waals surface area contributed by atoms with E-state index in [1.807, 2.05) is 66.7 Å². The fourth-order valence-electron chi connectivity index (χ4n) is 4.22. The van der Waals surface area contributed by atoms with Gasteiger partial charge in [-0.1, -0.05) is 108 Å². The van der Waals surface area contributed by atoms with Crippen molar-refractivity contribution >= 4 is 0 Å². The third-order valence-corrected chi connectivity index (χ3v) is 5.86. The van der Waals surface area contributed by atoms with Crippen molar-refractivity contribution in [3.8, 4) is 45.2 Å². The first-order valence-corrected chi connectivity index (χ1v) is 11.4. The highest BCUT2D eigenvalue weighted by atomic mass is 16.4. The lowest BCUT2D eigenvalue weighted by atomic mass is 9.97. The van der Waals surface area contributed by atoms with Crippen LogP contribution in [0.1, 0.15) is 11.4 Å². The van der Waals surface area contributed by atoms with E-state index in [1.165, 1.54) is 0 Å². The van der Waals surface area contributed by atoms with Gasteiger partial charge in [-0.2, -0.15) is 5.21 Å². The van der Waals surface area contributed by atoms with Crippen LogP contribution in [0, 0.1) is 0 Å². The summed E-state index contributed by atoms with van der Waals surface area (Å²) < 4.78 is 6.48. The van der Waals surface area contributed by atoms with Crippen LogP contribution < -0.4 is 0 Å². The average molecular weight is 456 g/mol. The van der Waals surface area contributed by atoms with E-state index >= 15 is 0 Å². The Morgan fingerprint density at radius 1 is 0.657 bits per heavy atom. The van der Waals surface area contributed by atoms with Crippen molar-refractivity contribution < 1.29 is 4.42 Å². The second-order valence-electron chi connectivity index (χ2n) is 8.18. The van der Waals surface area contributed by atoms with E-state index in [9.17, 15) is 0 Å². The monoisotopic (exact) mass is 455 g/mol. The Balaban J connectivity index is 1.46. The van der Waals surface area contributed by atoms with Crippen LogP contribution in [0.5, 0.6) is 0 Å². The van der Waals surface area contributed by atoms with E-state index in [1.54, 1.807) is 0 Å². The van der Waals surface area contributed by atoms with Crippen LogP contribution in [0.4, 0.5) is 0 Å². The van der Waals surface area contributed by atoms with Gasteiger partial charge in [-0.25, -0.2) is 4.98 Å². The van der Waals surface area contributed by atoms with Gasteiger partial charge in [-0.05, 0) is 22.8 Å². The number of nitrogens with zero attached hydrogens (tertiary/aromatic N) is 4. The fourth-order valence-corrected chi connectivity index (χ4v) is 4.22. The molecule has 0 radical (unpaired) electrons. The van der Waals surface area contributed by atoms with Crippen molar-refractivity contribution in [2.45, 2.75) is 6.42 Å². The van der Waals surface area contributed by atoms with Crippen LogP contribution in [0.15, 0.2) is 114 Å². The first-order valence-electron chi connectivity index (χ1n) is 11.4. The van der Waals surface area contributed by atoms with Crippen LogP contribution >= 0.6 is 0 Å². The fraction of sp³-hybridized carbons (Fsp3) is 0.0345. The first kappa shape index (κ1) is 20.7. The van der Waals surface area contributed by atoms with Gasteiger partial charge in [0.15, 0.2) is 11.6 Å². The molecule has 6 heteroatoms. The summed E-state index contributed by atoms with van der Waals surface area (Å²) in [5.74, 6) is 2.00. The number of hydrogen-bond donors (Lipinski definition) is 1. The van der Waals surface area contributed by atoms with Gasteiger partial charge in [0.25, 0.3) is 0 Å². The Morgan fingerprint density at radius 3 is 2.09 bits per heavy atom. The molecule has 0 bridgehead atoms. The van der Waals surface area contributed by atoms with E-state index in [0.717, 1.165) is 44.8 Å². The maximum atomic E-state index is 6.48. The summed E-state index contributed by atoms with van der Waals surface area (Å²) in [6.07, 6.45) is 0.599. The Morgan fingerprint density at radius 2 is 1.34 bits per heavy atom. The maximum absolute atomic E-state index is 6.48. The van der Waals surface area contributed by atoms with Crippen molar-refractivity contribution in [3.63, 3.8) is 0 Å². The van der Waals surface area contributed by atoms with Gasteiger partial charge >= 0.3 is 0 Å². The summed E-state index contributed by atoms with van der Waals surface area (Å²) in [6.45, 7) is 0. The maximum Gasteiger partial charge on any atom is 0.227 e. The molecule has 4 aromatic carbocycles. The van der Waals surface area contributed by atoms with Gasteiger partial charge in [0.1, 0.15) is 5.69 Å². The molecule has 0 spiro atoms. The number of aromatic nitrogens is 5. The summed E-state index contributed by atoms with van der Waals surface area (Å²) in [4.78, 5) is 5.00. The summed E-state index contributed by atoms with van der Waals surface area (Å²) in [6, 6.07) is 36.8. The predicted octanol–water partition coefficient (Wildman–Crippen LogP) is 6.45. The molecule has 0 aliphatic carbocycles. The summed E-state index contributed by atoms with van der Waals surface area (Å²) in [5, 5.41) is 14.3. The summed E-state index contributed by atoms with van der Waals surface area (Å²) in [5.41, 5.74) is 6.98. The zero-order valence-electron chi connectivity index (χ0n) is 18.8. The van der Waals surface area contributed by atoms with Gasteiger partial charge in [0, 0.05) is 23.1 Å². The van der Waals surface area contributed by atoms with Crippen molar-refractivity contribution in [1.82, 2.24) is 25.6 Å². The Bertz CT molecular complexity index is 1500. The first-order chi connectivity index (χ1) is 17.3. The average Bonchev–Trinajstić information content (AvgIpc) is 3.60. The number of rotatable bonds is 6. The molecule has 0 aliphatic heterocycles. The molecule has 0 amide bonds. The van der Waals surface area contributed by atoms with Gasteiger partial charge < -0.3 is 4.42 Å². The highest BCUT2D eigenvalue weighted by Gasteiger charge is 2.20. The van der Waals surface area contributed by atoms with Gasteiger partial charge in [0.2, 0.25) is 5.89 Å². The second kappa shape index (κ2) is 9.19. The van der Waals surface area contributed by atoms with Crippen molar-refractivity contribution in [2.24, 2.45) is 0 Å². The molecular weight excluding hydrogens is 434 g/mol. The molecule has 0 saturated heterocycles. The number of oxazole rings is 1. The number of hydrogen-bond acceptors (Lipinski definition) is 5. The molecular formula is C29H21N5O. The Labute approximate surface area is 202 Å². The topological polar surface area (TPSA) is 80.5 Å². The third kappa shape index (κ3) is 4.25. The molecule has 2 heterocycles. The third-order valence-electron chi connectivity index (χ3n) is 5.86. The minimum Gasteiger partial charge on any atom is -0.435 e. The molecule has 0 atom stereocenters. The van der Waals surface area contributed by atoms with Gasteiger partial charge in [-0.3, -0.25) is 0 Å². The largest absolute Gasteiger partial charge is 0.435 e. The highest BCUT2D eigenvalue weighted by Crippen LogP contribution is 2.39. The number of aromatic amines is 1. The standard InChI is InChI=1S/C29H21N5O/c1-3-11-21(12-4-1)27-28(22-13-5-2-6-14-22)35-29(30-27)25-17-8-7-16-24(25)23-15-9-10-20(18-23)19-26-31-33-34-32-26/h1-18H,19H2,(H,31,32,33,34). The van der Waals surface area contributed by atoms with Crippen LogP contribution in [0.2, 0.25) is 0 Å². The zero-order valence-corrected chi connectivity index (χ0v) is 18.8. The van der Waals surface area contributed by atoms with E-state index < -0.39 is 0 Å². The molecule has 35 heavy (non-hydrogen) atoms. The van der Waals surface area contributed by atoms with Crippen molar-refractivity contribution in [3.05, 3.63) is 121 Å². The van der Waals surface area contributed by atoms with Crippen LogP contribution in [-0.2, 0) is 6.42 Å². The normalized spacial score (nSPS) is 11.0. The molecule has 6 rings (SSSR count). The molecule has 2 aromatic heterocycles. The summed E-state index contributed by atoms with van der Waals surface area (Å²) in [7, 11) is 0. The van der Waals surface area contributed by atoms with Gasteiger partial charge in [-0.15, -0.1) is 10.2 Å². The van der Waals surface area contributed by atoms with Crippen LogP contribution in [0.25, 0.3) is 45.2 Å². The van der Waals surface area contributed by atoms with E-state index in [2.05, 4.69) is 63.1 Å². The zero-order chi connectivity index (χ0) is 23.5. The Hall–Kier alpha value is -4.84. The minimum absolute atomic E-state index is 0.585. The SMILES string of the molecule is c1ccc(-c2nc(-c3ccccc3-c3cccc(Cc4nn[nH]n4)c3)oc2-c2ccccc2)cc1. The number of tetrazole rings is 1. The smallest absolute Gasteiger partial charge is 0.227 e. The molecule has 1 N–H and O–H groups in total. The lowest BCUT2D eigenvalue weighted by Gasteiger charge is -2.08. The van der Waals surface area contributed by atoms with Crippen molar-refractivity contribution in [2.75, 3.05) is 0 Å². The second-order valence-corrected chi connectivity index (χ2v) is 8.18. The van der Waals surface area contributed by atoms with E-state index in [-0.39, 0.29) is 0 Å². The molecule has 0 fully saturated rings. The lowest BCUT2D eigenvalue weighted by molar-refractivity contribution is 0.589. The predicted molar refractivity (Wildman–Crippen MR) is 135 cm³/mol. The quantitative estimate of drug-likeness (QED) is 0.312. The number of nitrogens with one attached hydrogen (secondary N) is 1. The molecule has 6 aromatic rings. The molecule has 168 valence electrons. The molecule has 6 nitrogen and oxygen atoms in total. The summed E-state index contributed by atoms with van der Waals surface area (Å²) >= 11 is 0. The van der Waals surface area contributed by atoms with Crippen molar-refractivity contribution in [1.29, 1.82) is 0 Å². The van der Waals surface area contributed by atoms with E-state index in [0.29, 0.717) is 18.1 Å². The highest BCUT2D eigenvalue weighted by molar-refractivity contribution is 5.84. The lowest BCUT2D eigenvalue weighted by Crippen LogP contribution is -1.92. The van der Waals surface area contributed by atoms with E-state index in [4.69, 9.17) is 9.40 Å². The number of H-pyrrole nitrogens is 1. The molecule has 0 saturated carbocycles. The number of benzene rings is 4. The molecule has 0 unspecified atom stereocenters.